The first kappa shape index (κ1) is 15.1. The fourth-order valence-corrected chi connectivity index (χ4v) is 2.14. The van der Waals surface area contributed by atoms with E-state index in [0.717, 1.165) is 14.6 Å². The number of carbonyl (C=O) groups is 2. The second kappa shape index (κ2) is 5.60. The number of likely N-dealkylation sites (N-methyl/N-ethyl adjacent to an activating group) is 1. The van der Waals surface area contributed by atoms with Gasteiger partial charge in [0.05, 0.1) is 4.88 Å². The minimum absolute atomic E-state index is 0.161. The number of hydrogen-bond donors (Lipinski definition) is 1. The van der Waals surface area contributed by atoms with Crippen LogP contribution in [0.3, 0.4) is 0 Å². The van der Waals surface area contributed by atoms with Crippen LogP contribution < -0.4 is 0 Å². The molecular weight excluding hydrogens is 294 g/mol. The van der Waals surface area contributed by atoms with Crippen molar-refractivity contribution in [2.45, 2.75) is 25.9 Å². The van der Waals surface area contributed by atoms with Gasteiger partial charge in [0, 0.05) is 7.05 Å². The summed E-state index contributed by atoms with van der Waals surface area (Å²) in [6.45, 7) is 2.75. The van der Waals surface area contributed by atoms with E-state index in [4.69, 9.17) is 5.11 Å². The summed E-state index contributed by atoms with van der Waals surface area (Å²) in [5.74, 6) is -1.04. The minimum atomic E-state index is -1.30. The standard InChI is InChI=1S/C12H15N5O3S/c1-12(2,11(19)20)16(3)9(18)7-17-14-10(13-15-17)8-5-4-6-21-8/h4-6H,7H2,1-3H3,(H,19,20). The summed E-state index contributed by atoms with van der Waals surface area (Å²) in [5, 5.41) is 22.8. The third-order valence-corrected chi connectivity index (χ3v) is 4.07. The van der Waals surface area contributed by atoms with Crippen molar-refractivity contribution in [3.05, 3.63) is 17.5 Å². The molecule has 0 aromatic carbocycles. The minimum Gasteiger partial charge on any atom is -0.480 e. The Balaban J connectivity index is 2.08. The molecule has 0 saturated carbocycles. The van der Waals surface area contributed by atoms with Gasteiger partial charge in [0.15, 0.2) is 0 Å². The number of tetrazole rings is 1. The zero-order valence-corrected chi connectivity index (χ0v) is 12.7. The molecule has 0 aliphatic carbocycles. The Morgan fingerprint density at radius 1 is 1.48 bits per heavy atom. The first-order chi connectivity index (χ1) is 9.82. The summed E-state index contributed by atoms with van der Waals surface area (Å²) >= 11 is 1.47. The van der Waals surface area contributed by atoms with Gasteiger partial charge in [-0.15, -0.1) is 21.5 Å². The molecule has 0 unspecified atom stereocenters. The van der Waals surface area contributed by atoms with Gasteiger partial charge in [-0.2, -0.15) is 4.80 Å². The van der Waals surface area contributed by atoms with Gasteiger partial charge in [0.1, 0.15) is 12.1 Å². The Morgan fingerprint density at radius 3 is 2.76 bits per heavy atom. The molecule has 0 atom stereocenters. The number of nitrogens with zero attached hydrogens (tertiary/aromatic N) is 5. The second-order valence-corrected chi connectivity index (χ2v) is 5.89. The summed E-state index contributed by atoms with van der Waals surface area (Å²) in [6, 6.07) is 3.72. The lowest BCUT2D eigenvalue weighted by atomic mass is 10.0. The topological polar surface area (TPSA) is 101 Å². The fourth-order valence-electron chi connectivity index (χ4n) is 1.50. The SMILES string of the molecule is CN(C(=O)Cn1nnc(-c2cccs2)n1)C(C)(C)C(=O)O. The first-order valence-electron chi connectivity index (χ1n) is 6.14. The number of thiophene rings is 1. The summed E-state index contributed by atoms with van der Waals surface area (Å²) in [4.78, 5) is 26.4. The maximum atomic E-state index is 12.1. The summed E-state index contributed by atoms with van der Waals surface area (Å²) in [5.41, 5.74) is -1.30. The highest BCUT2D eigenvalue weighted by molar-refractivity contribution is 7.13. The number of rotatable bonds is 5. The van der Waals surface area contributed by atoms with Crippen LogP contribution in [0, 0.1) is 0 Å². The van der Waals surface area contributed by atoms with E-state index in [0.29, 0.717) is 5.82 Å². The zero-order chi connectivity index (χ0) is 15.6. The molecule has 2 heterocycles. The highest BCUT2D eigenvalue weighted by Crippen LogP contribution is 2.19. The molecule has 0 spiro atoms. The maximum absolute atomic E-state index is 12.1. The van der Waals surface area contributed by atoms with Gasteiger partial charge < -0.3 is 10.0 Å². The van der Waals surface area contributed by atoms with Crippen LogP contribution in [-0.2, 0) is 16.1 Å². The lowest BCUT2D eigenvalue weighted by Crippen LogP contribution is -2.51. The van der Waals surface area contributed by atoms with Crippen molar-refractivity contribution < 1.29 is 14.7 Å². The highest BCUT2D eigenvalue weighted by Gasteiger charge is 2.35. The molecule has 8 nitrogen and oxygen atoms in total. The van der Waals surface area contributed by atoms with Gasteiger partial charge in [-0.3, -0.25) is 4.79 Å². The normalized spacial score (nSPS) is 11.4. The van der Waals surface area contributed by atoms with Crippen molar-refractivity contribution in [2.75, 3.05) is 7.05 Å². The van der Waals surface area contributed by atoms with E-state index in [9.17, 15) is 9.59 Å². The van der Waals surface area contributed by atoms with Crippen molar-refractivity contribution in [1.82, 2.24) is 25.1 Å². The lowest BCUT2D eigenvalue weighted by Gasteiger charge is -2.31. The Kier molecular flexibility index (Phi) is 4.03. The third kappa shape index (κ3) is 3.07. The molecule has 0 aliphatic heterocycles. The fraction of sp³-hybridized carbons (Fsp3) is 0.417. The van der Waals surface area contributed by atoms with Gasteiger partial charge in [0.25, 0.3) is 0 Å². The third-order valence-electron chi connectivity index (χ3n) is 3.21. The molecule has 1 amide bonds. The number of carboxylic acids is 1. The maximum Gasteiger partial charge on any atom is 0.329 e. The smallest absolute Gasteiger partial charge is 0.329 e. The average Bonchev–Trinajstić information content (AvgIpc) is 3.07. The summed E-state index contributed by atoms with van der Waals surface area (Å²) in [7, 11) is 1.44. The summed E-state index contributed by atoms with van der Waals surface area (Å²) < 4.78 is 0. The number of amides is 1. The number of carbonyl (C=O) groups excluding carboxylic acids is 1. The molecule has 0 fully saturated rings. The Bertz CT molecular complexity index is 650. The molecule has 112 valence electrons. The van der Waals surface area contributed by atoms with Crippen LogP contribution in [0.2, 0.25) is 0 Å². The van der Waals surface area contributed by atoms with Crippen LogP contribution in [0.25, 0.3) is 10.7 Å². The number of aliphatic carboxylic acids is 1. The number of carboxylic acid groups (broad SMARTS) is 1. The molecule has 2 rings (SSSR count). The van der Waals surface area contributed by atoms with Gasteiger partial charge in [-0.05, 0) is 30.5 Å². The van der Waals surface area contributed by atoms with E-state index in [2.05, 4.69) is 15.4 Å². The predicted octanol–water partition coefficient (Wildman–Crippen LogP) is 0.723. The van der Waals surface area contributed by atoms with Crippen LogP contribution in [-0.4, -0.2) is 54.7 Å². The quantitative estimate of drug-likeness (QED) is 0.873. The molecular formula is C12H15N5O3S. The van der Waals surface area contributed by atoms with Crippen molar-refractivity contribution in [3.8, 4) is 10.7 Å². The van der Waals surface area contributed by atoms with E-state index >= 15 is 0 Å². The molecule has 0 bridgehead atoms. The van der Waals surface area contributed by atoms with E-state index in [1.165, 1.54) is 32.2 Å². The molecule has 2 aromatic rings. The first-order valence-corrected chi connectivity index (χ1v) is 7.02. The van der Waals surface area contributed by atoms with Crippen LogP contribution in [0.4, 0.5) is 0 Å². The molecule has 0 aliphatic rings. The summed E-state index contributed by atoms with van der Waals surface area (Å²) in [6.07, 6.45) is 0. The van der Waals surface area contributed by atoms with Gasteiger partial charge in [-0.25, -0.2) is 4.79 Å². The number of aromatic nitrogens is 4. The van der Waals surface area contributed by atoms with E-state index < -0.39 is 17.4 Å². The Labute approximate surface area is 125 Å². The Morgan fingerprint density at radius 2 is 2.19 bits per heavy atom. The van der Waals surface area contributed by atoms with Crippen LogP contribution >= 0.6 is 11.3 Å². The van der Waals surface area contributed by atoms with E-state index in [-0.39, 0.29) is 6.54 Å². The van der Waals surface area contributed by atoms with E-state index in [1.54, 1.807) is 0 Å². The monoisotopic (exact) mass is 309 g/mol. The van der Waals surface area contributed by atoms with Crippen LogP contribution in [0.15, 0.2) is 17.5 Å². The van der Waals surface area contributed by atoms with Crippen LogP contribution in [0.5, 0.6) is 0 Å². The van der Waals surface area contributed by atoms with Gasteiger partial charge in [-0.1, -0.05) is 6.07 Å². The van der Waals surface area contributed by atoms with Crippen molar-refractivity contribution >= 4 is 23.2 Å². The molecule has 9 heteroatoms. The number of hydrogen-bond acceptors (Lipinski definition) is 6. The van der Waals surface area contributed by atoms with Crippen molar-refractivity contribution in [2.24, 2.45) is 0 Å². The largest absolute Gasteiger partial charge is 0.480 e. The Hall–Kier alpha value is -2.29. The average molecular weight is 309 g/mol. The lowest BCUT2D eigenvalue weighted by molar-refractivity contribution is -0.155. The second-order valence-electron chi connectivity index (χ2n) is 4.94. The van der Waals surface area contributed by atoms with E-state index in [1.807, 2.05) is 17.5 Å². The zero-order valence-electron chi connectivity index (χ0n) is 11.8. The molecule has 1 N–H and O–H groups in total. The van der Waals surface area contributed by atoms with Gasteiger partial charge in [0.2, 0.25) is 11.7 Å². The van der Waals surface area contributed by atoms with Crippen molar-refractivity contribution in [3.63, 3.8) is 0 Å². The molecule has 2 aromatic heterocycles. The molecule has 0 saturated heterocycles. The molecule has 0 radical (unpaired) electrons. The highest BCUT2D eigenvalue weighted by atomic mass is 32.1. The van der Waals surface area contributed by atoms with Gasteiger partial charge >= 0.3 is 5.97 Å². The van der Waals surface area contributed by atoms with Crippen molar-refractivity contribution in [1.29, 1.82) is 0 Å². The predicted molar refractivity (Wildman–Crippen MR) is 75.6 cm³/mol. The molecule has 21 heavy (non-hydrogen) atoms. The van der Waals surface area contributed by atoms with Crippen LogP contribution in [0.1, 0.15) is 13.8 Å².